The normalized spacial score (nSPS) is 10.3. The van der Waals surface area contributed by atoms with E-state index in [1.807, 2.05) is 0 Å². The largest absolute Gasteiger partial charge is 0.481 e. The smallest absolute Gasteiger partial charge is 0.303 e. The highest BCUT2D eigenvalue weighted by Crippen LogP contribution is 2.15. The van der Waals surface area contributed by atoms with Gasteiger partial charge in [-0.25, -0.2) is 0 Å². The summed E-state index contributed by atoms with van der Waals surface area (Å²) in [6.07, 6.45) is 0.445. The summed E-state index contributed by atoms with van der Waals surface area (Å²) in [5, 5.41) is 18.6. The van der Waals surface area contributed by atoms with Crippen molar-refractivity contribution in [2.24, 2.45) is 5.73 Å². The van der Waals surface area contributed by atoms with Crippen LogP contribution < -0.4 is 11.1 Å². The van der Waals surface area contributed by atoms with E-state index >= 15 is 0 Å². The van der Waals surface area contributed by atoms with Crippen LogP contribution in [0.1, 0.15) is 18.7 Å². The predicted molar refractivity (Wildman–Crippen MR) is 62.8 cm³/mol. The molecule has 0 unspecified atom stereocenters. The second-order valence-corrected chi connectivity index (χ2v) is 4.23. The fourth-order valence-electron chi connectivity index (χ4n) is 1.02. The zero-order valence-corrected chi connectivity index (χ0v) is 10.4. The molecule has 1 aromatic heterocycles. The average Bonchev–Trinajstić information content (AvgIpc) is 2.80. The topological polar surface area (TPSA) is 131 Å². The average molecular weight is 274 g/mol. The first kappa shape index (κ1) is 14.5. The van der Waals surface area contributed by atoms with Crippen LogP contribution in [0, 0.1) is 0 Å². The molecule has 1 heterocycles. The van der Waals surface area contributed by atoms with Crippen molar-refractivity contribution in [3.63, 3.8) is 0 Å². The predicted octanol–water partition coefficient (Wildman–Crippen LogP) is -0.399. The van der Waals surface area contributed by atoms with Crippen LogP contribution in [0.15, 0.2) is 9.64 Å². The number of hydrogen-bond acceptors (Lipinski definition) is 7. The summed E-state index contributed by atoms with van der Waals surface area (Å²) < 4.78 is 5.10. The van der Waals surface area contributed by atoms with Crippen LogP contribution in [0.3, 0.4) is 0 Å². The van der Waals surface area contributed by atoms with E-state index in [4.69, 9.17) is 15.3 Å². The highest BCUT2D eigenvalue weighted by molar-refractivity contribution is 7.99. The van der Waals surface area contributed by atoms with E-state index in [-0.39, 0.29) is 29.8 Å². The molecule has 0 aliphatic carbocycles. The Morgan fingerprint density at radius 2 is 2.22 bits per heavy atom. The Morgan fingerprint density at radius 1 is 1.44 bits per heavy atom. The lowest BCUT2D eigenvalue weighted by Gasteiger charge is -2.01. The molecular formula is C9H14N4O4S. The van der Waals surface area contributed by atoms with Gasteiger partial charge in [0.2, 0.25) is 11.8 Å². The van der Waals surface area contributed by atoms with Gasteiger partial charge in [0.05, 0.1) is 12.3 Å². The SMILES string of the molecule is NCc1nnc(SCC(=O)NCCCC(=O)O)o1. The van der Waals surface area contributed by atoms with Gasteiger partial charge in [-0.15, -0.1) is 10.2 Å². The molecule has 0 saturated carbocycles. The number of nitrogens with one attached hydrogen (secondary N) is 1. The second-order valence-electron chi connectivity index (χ2n) is 3.30. The molecule has 4 N–H and O–H groups in total. The van der Waals surface area contributed by atoms with Gasteiger partial charge in [0.1, 0.15) is 0 Å². The zero-order valence-electron chi connectivity index (χ0n) is 9.59. The number of carbonyl (C=O) groups is 2. The first-order valence-electron chi connectivity index (χ1n) is 5.25. The molecule has 1 aromatic rings. The van der Waals surface area contributed by atoms with Crippen molar-refractivity contribution in [1.29, 1.82) is 0 Å². The van der Waals surface area contributed by atoms with Crippen LogP contribution in [-0.2, 0) is 16.1 Å². The van der Waals surface area contributed by atoms with Gasteiger partial charge in [-0.3, -0.25) is 9.59 Å². The number of carboxylic acid groups (broad SMARTS) is 1. The number of carbonyl (C=O) groups excluding carboxylic acids is 1. The lowest BCUT2D eigenvalue weighted by atomic mass is 10.3. The molecule has 1 rings (SSSR count). The third-order valence-corrected chi connectivity index (χ3v) is 2.66. The van der Waals surface area contributed by atoms with Crippen LogP contribution in [0.2, 0.25) is 0 Å². The van der Waals surface area contributed by atoms with E-state index in [0.29, 0.717) is 18.9 Å². The molecule has 100 valence electrons. The quantitative estimate of drug-likeness (QED) is 0.431. The number of aliphatic carboxylic acids is 1. The minimum atomic E-state index is -0.876. The van der Waals surface area contributed by atoms with E-state index in [9.17, 15) is 9.59 Å². The summed E-state index contributed by atoms with van der Waals surface area (Å²) in [6, 6.07) is 0. The number of aromatic nitrogens is 2. The van der Waals surface area contributed by atoms with Crippen molar-refractivity contribution in [3.8, 4) is 0 Å². The molecule has 18 heavy (non-hydrogen) atoms. The van der Waals surface area contributed by atoms with Gasteiger partial charge in [0.15, 0.2) is 0 Å². The van der Waals surface area contributed by atoms with E-state index in [1.165, 1.54) is 0 Å². The van der Waals surface area contributed by atoms with Crippen LogP contribution in [0.25, 0.3) is 0 Å². The van der Waals surface area contributed by atoms with Crippen LogP contribution >= 0.6 is 11.8 Å². The van der Waals surface area contributed by atoms with Crippen LogP contribution in [0.4, 0.5) is 0 Å². The molecule has 0 spiro atoms. The summed E-state index contributed by atoms with van der Waals surface area (Å²) >= 11 is 1.10. The lowest BCUT2D eigenvalue weighted by Crippen LogP contribution is -2.26. The maximum atomic E-state index is 11.3. The monoisotopic (exact) mass is 274 g/mol. The molecule has 1 amide bonds. The van der Waals surface area contributed by atoms with Crippen molar-refractivity contribution < 1.29 is 19.1 Å². The first-order valence-corrected chi connectivity index (χ1v) is 6.24. The van der Waals surface area contributed by atoms with Crippen LogP contribution in [0.5, 0.6) is 0 Å². The third kappa shape index (κ3) is 5.64. The summed E-state index contributed by atoms with van der Waals surface area (Å²) in [5.74, 6) is -0.629. The Kier molecular flexibility index (Phi) is 6.15. The fourth-order valence-corrected chi connectivity index (χ4v) is 1.64. The van der Waals surface area contributed by atoms with Gasteiger partial charge in [0.25, 0.3) is 5.22 Å². The number of nitrogens with zero attached hydrogens (tertiary/aromatic N) is 2. The van der Waals surface area contributed by atoms with Crippen molar-refractivity contribution >= 4 is 23.6 Å². The number of thioether (sulfide) groups is 1. The Balaban J connectivity index is 2.14. The Hall–Kier alpha value is -1.61. The second kappa shape index (κ2) is 7.67. The highest BCUT2D eigenvalue weighted by Gasteiger charge is 2.08. The molecule has 0 aromatic carbocycles. The molecule has 0 aliphatic heterocycles. The van der Waals surface area contributed by atoms with Gasteiger partial charge in [-0.2, -0.15) is 0 Å². The molecule has 0 atom stereocenters. The highest BCUT2D eigenvalue weighted by atomic mass is 32.2. The minimum Gasteiger partial charge on any atom is -0.481 e. The van der Waals surface area contributed by atoms with E-state index < -0.39 is 5.97 Å². The summed E-state index contributed by atoms with van der Waals surface area (Å²) in [7, 11) is 0. The molecule has 0 radical (unpaired) electrons. The van der Waals surface area contributed by atoms with Crippen molar-refractivity contribution in [3.05, 3.63) is 5.89 Å². The lowest BCUT2D eigenvalue weighted by molar-refractivity contribution is -0.137. The van der Waals surface area contributed by atoms with E-state index in [0.717, 1.165) is 11.8 Å². The van der Waals surface area contributed by atoms with E-state index in [2.05, 4.69) is 15.5 Å². The number of amides is 1. The van der Waals surface area contributed by atoms with Crippen molar-refractivity contribution in [2.75, 3.05) is 12.3 Å². The first-order chi connectivity index (χ1) is 8.61. The van der Waals surface area contributed by atoms with Crippen molar-refractivity contribution in [1.82, 2.24) is 15.5 Å². The number of nitrogens with two attached hydrogens (primary N) is 1. The molecule has 8 nitrogen and oxygen atoms in total. The zero-order chi connectivity index (χ0) is 13.4. The Morgan fingerprint density at radius 3 is 2.83 bits per heavy atom. The molecule has 0 fully saturated rings. The summed E-state index contributed by atoms with van der Waals surface area (Å²) in [6.45, 7) is 0.499. The number of carboxylic acids is 1. The maximum Gasteiger partial charge on any atom is 0.303 e. The van der Waals surface area contributed by atoms with Gasteiger partial charge >= 0.3 is 5.97 Å². The number of hydrogen-bond donors (Lipinski definition) is 3. The van der Waals surface area contributed by atoms with Gasteiger partial charge < -0.3 is 20.6 Å². The van der Waals surface area contributed by atoms with Gasteiger partial charge in [-0.05, 0) is 6.42 Å². The molecule has 0 bridgehead atoms. The molecule has 9 heteroatoms. The third-order valence-electron chi connectivity index (χ3n) is 1.84. The maximum absolute atomic E-state index is 11.3. The Bertz CT molecular complexity index is 409. The Labute approximate surface area is 107 Å². The van der Waals surface area contributed by atoms with Crippen molar-refractivity contribution in [2.45, 2.75) is 24.6 Å². The van der Waals surface area contributed by atoms with Crippen LogP contribution in [-0.4, -0.2) is 39.5 Å². The fraction of sp³-hybridized carbons (Fsp3) is 0.556. The van der Waals surface area contributed by atoms with Gasteiger partial charge in [0, 0.05) is 13.0 Å². The molecule has 0 aliphatic rings. The minimum absolute atomic E-state index is 0.0386. The summed E-state index contributed by atoms with van der Waals surface area (Å²) in [4.78, 5) is 21.6. The number of rotatable bonds is 8. The molecule has 0 saturated heterocycles. The molecular weight excluding hydrogens is 260 g/mol. The van der Waals surface area contributed by atoms with Gasteiger partial charge in [-0.1, -0.05) is 11.8 Å². The van der Waals surface area contributed by atoms with E-state index in [1.54, 1.807) is 0 Å². The standard InChI is InChI=1S/C9H14N4O4S/c10-4-7-12-13-9(17-7)18-5-6(14)11-3-1-2-8(15)16/h1-5,10H2,(H,11,14)(H,15,16). The summed E-state index contributed by atoms with van der Waals surface area (Å²) in [5.41, 5.74) is 5.29.